The summed E-state index contributed by atoms with van der Waals surface area (Å²) in [5.41, 5.74) is 0.836. The first-order chi connectivity index (χ1) is 16.4. The molecule has 0 radical (unpaired) electrons. The van der Waals surface area contributed by atoms with Gasteiger partial charge in [0.25, 0.3) is 0 Å². The Hall–Kier alpha value is -2.47. The highest BCUT2D eigenvalue weighted by Gasteiger charge is 2.38. The van der Waals surface area contributed by atoms with Gasteiger partial charge in [-0.25, -0.2) is 4.98 Å². The minimum Gasteiger partial charge on any atom is -0.481 e. The number of hydrogen-bond acceptors (Lipinski definition) is 8. The normalized spacial score (nSPS) is 21.7. The summed E-state index contributed by atoms with van der Waals surface area (Å²) in [7, 11) is 1.71. The maximum Gasteiger partial charge on any atom is 0.452 e. The molecule has 35 heavy (non-hydrogen) atoms. The average Bonchev–Trinajstić information content (AvgIpc) is 3.24. The molecular formula is C23H32F3N5O3S. The Morgan fingerprint density at radius 1 is 1.31 bits per heavy atom. The van der Waals surface area contributed by atoms with Crippen molar-refractivity contribution < 1.29 is 27.8 Å². The molecular weight excluding hydrogens is 483 g/mol. The number of anilines is 3. The predicted molar refractivity (Wildman–Crippen MR) is 128 cm³/mol. The molecule has 2 heterocycles. The number of alkyl halides is 3. The van der Waals surface area contributed by atoms with E-state index in [-0.39, 0.29) is 29.1 Å². The quantitative estimate of drug-likeness (QED) is 0.350. The number of aliphatic carboxylic acids is 1. The van der Waals surface area contributed by atoms with Crippen LogP contribution in [0.3, 0.4) is 0 Å². The number of carbonyl (C=O) groups is 1. The first kappa shape index (κ1) is 27.1. The van der Waals surface area contributed by atoms with Crippen molar-refractivity contribution in [3.05, 3.63) is 23.7 Å². The lowest BCUT2D eigenvalue weighted by Gasteiger charge is -2.42. The number of ether oxygens (including phenoxy) is 1. The van der Waals surface area contributed by atoms with Crippen LogP contribution in [-0.4, -0.2) is 44.2 Å². The van der Waals surface area contributed by atoms with E-state index in [1.165, 1.54) is 0 Å². The standard InChI is InChI=1S/C23H32F3N5O3S/c1-13(2)11-22(7-5-16(34-4)6-8-22)30-19-17(10-15(12-27-19)14(3)9-18(32)33)28-21-29-20(31-35-21)23(24,25)26/h10,12-14,16H,5-9,11H2,1-4H3,(H,27,30)(H,32,33)(H,28,29,31)/t14-,16?,22?/m1/s1. The van der Waals surface area contributed by atoms with Crippen molar-refractivity contribution in [3.63, 3.8) is 0 Å². The largest absolute Gasteiger partial charge is 0.481 e. The lowest BCUT2D eigenvalue weighted by Crippen LogP contribution is -2.44. The number of hydrogen-bond donors (Lipinski definition) is 3. The van der Waals surface area contributed by atoms with Crippen LogP contribution >= 0.6 is 11.5 Å². The fraction of sp³-hybridized carbons (Fsp3) is 0.652. The highest BCUT2D eigenvalue weighted by molar-refractivity contribution is 7.09. The summed E-state index contributed by atoms with van der Waals surface area (Å²) in [4.78, 5) is 19.4. The number of nitrogens with one attached hydrogen (secondary N) is 2. The highest BCUT2D eigenvalue weighted by Crippen LogP contribution is 2.40. The van der Waals surface area contributed by atoms with Gasteiger partial charge in [-0.05, 0) is 55.6 Å². The molecule has 12 heteroatoms. The Bertz CT molecular complexity index is 1010. The van der Waals surface area contributed by atoms with Gasteiger partial charge in [0.05, 0.1) is 18.2 Å². The van der Waals surface area contributed by atoms with E-state index < -0.39 is 18.0 Å². The highest BCUT2D eigenvalue weighted by atomic mass is 32.1. The molecule has 2 aromatic heterocycles. The van der Waals surface area contributed by atoms with Crippen molar-refractivity contribution in [2.24, 2.45) is 5.92 Å². The Morgan fingerprint density at radius 3 is 2.54 bits per heavy atom. The molecule has 0 saturated heterocycles. The molecule has 1 aliphatic rings. The molecule has 0 aromatic carbocycles. The lowest BCUT2D eigenvalue weighted by molar-refractivity contribution is -0.144. The third kappa shape index (κ3) is 7.26. The second-order valence-electron chi connectivity index (χ2n) is 9.65. The van der Waals surface area contributed by atoms with Crippen LogP contribution in [0, 0.1) is 5.92 Å². The van der Waals surface area contributed by atoms with E-state index >= 15 is 0 Å². The van der Waals surface area contributed by atoms with Gasteiger partial charge in [0.15, 0.2) is 0 Å². The monoisotopic (exact) mass is 515 g/mol. The van der Waals surface area contributed by atoms with Gasteiger partial charge >= 0.3 is 12.1 Å². The van der Waals surface area contributed by atoms with E-state index in [0.717, 1.165) is 32.1 Å². The molecule has 194 valence electrons. The number of rotatable bonds is 10. The van der Waals surface area contributed by atoms with Crippen LogP contribution in [0.4, 0.5) is 29.8 Å². The molecule has 1 aliphatic carbocycles. The zero-order valence-corrected chi connectivity index (χ0v) is 21.1. The number of pyridine rings is 1. The number of aromatic nitrogens is 3. The minimum absolute atomic E-state index is 0.0220. The number of carboxylic acids is 1. The number of nitrogens with zero attached hydrogens (tertiary/aromatic N) is 3. The van der Waals surface area contributed by atoms with Crippen LogP contribution in [0.5, 0.6) is 0 Å². The molecule has 0 bridgehead atoms. The smallest absolute Gasteiger partial charge is 0.452 e. The Balaban J connectivity index is 1.95. The van der Waals surface area contributed by atoms with Gasteiger partial charge in [-0.15, -0.1) is 0 Å². The second kappa shape index (κ2) is 11.1. The van der Waals surface area contributed by atoms with Gasteiger partial charge in [-0.3, -0.25) is 4.79 Å². The zero-order chi connectivity index (χ0) is 25.8. The number of halogens is 3. The summed E-state index contributed by atoms with van der Waals surface area (Å²) < 4.78 is 48.0. The third-order valence-corrected chi connectivity index (χ3v) is 6.92. The third-order valence-electron chi connectivity index (χ3n) is 6.29. The maximum absolute atomic E-state index is 13.0. The van der Waals surface area contributed by atoms with Crippen molar-refractivity contribution in [1.82, 2.24) is 14.3 Å². The van der Waals surface area contributed by atoms with E-state index in [2.05, 4.69) is 38.8 Å². The maximum atomic E-state index is 13.0. The van der Waals surface area contributed by atoms with Gasteiger partial charge in [0, 0.05) is 30.4 Å². The van der Waals surface area contributed by atoms with Gasteiger partial charge < -0.3 is 20.5 Å². The average molecular weight is 516 g/mol. The summed E-state index contributed by atoms with van der Waals surface area (Å²) >= 11 is 0.606. The van der Waals surface area contributed by atoms with Crippen LogP contribution < -0.4 is 10.6 Å². The number of carboxylic acid groups (broad SMARTS) is 1. The molecule has 0 amide bonds. The van der Waals surface area contributed by atoms with E-state index in [9.17, 15) is 23.1 Å². The summed E-state index contributed by atoms with van der Waals surface area (Å²) in [6.45, 7) is 6.06. The van der Waals surface area contributed by atoms with Crippen LogP contribution in [0.1, 0.15) is 76.6 Å². The first-order valence-corrected chi connectivity index (χ1v) is 12.4. The van der Waals surface area contributed by atoms with Crippen molar-refractivity contribution in [2.45, 2.75) is 83.0 Å². The van der Waals surface area contributed by atoms with E-state index in [0.29, 0.717) is 34.5 Å². The van der Waals surface area contributed by atoms with E-state index in [1.807, 2.05) is 0 Å². The van der Waals surface area contributed by atoms with E-state index in [1.54, 1.807) is 26.3 Å². The van der Waals surface area contributed by atoms with Crippen LogP contribution in [0.25, 0.3) is 0 Å². The summed E-state index contributed by atoms with van der Waals surface area (Å²) in [6, 6.07) is 1.72. The molecule has 1 atom stereocenters. The van der Waals surface area contributed by atoms with Crippen molar-refractivity contribution >= 4 is 34.1 Å². The fourth-order valence-corrected chi connectivity index (χ4v) is 5.22. The van der Waals surface area contributed by atoms with Crippen LogP contribution in [0.2, 0.25) is 0 Å². The molecule has 0 unspecified atom stereocenters. The summed E-state index contributed by atoms with van der Waals surface area (Å²) in [5, 5.41) is 15.7. The first-order valence-electron chi connectivity index (χ1n) is 11.6. The fourth-order valence-electron chi connectivity index (χ4n) is 4.62. The van der Waals surface area contributed by atoms with Gasteiger partial charge in [0.1, 0.15) is 5.82 Å². The Morgan fingerprint density at radius 2 is 2.00 bits per heavy atom. The predicted octanol–water partition coefficient (Wildman–Crippen LogP) is 6.06. The second-order valence-corrected chi connectivity index (χ2v) is 10.4. The molecule has 8 nitrogen and oxygen atoms in total. The molecule has 2 aromatic rings. The van der Waals surface area contributed by atoms with Crippen LogP contribution in [0.15, 0.2) is 12.3 Å². The molecule has 0 spiro atoms. The zero-order valence-electron chi connectivity index (χ0n) is 20.3. The molecule has 0 aliphatic heterocycles. The topological polar surface area (TPSA) is 109 Å². The molecule has 1 fully saturated rings. The van der Waals surface area contributed by atoms with Gasteiger partial charge in [-0.2, -0.15) is 22.5 Å². The Labute approximate surface area is 206 Å². The Kier molecular flexibility index (Phi) is 8.58. The SMILES string of the molecule is COC1CCC(CC(C)C)(Nc2ncc([C@H](C)CC(=O)O)cc2Nc2nc(C(F)(F)F)ns2)CC1. The summed E-state index contributed by atoms with van der Waals surface area (Å²) in [6.07, 6.45) is 1.46. The lowest BCUT2D eigenvalue weighted by atomic mass is 9.75. The van der Waals surface area contributed by atoms with Gasteiger partial charge in [0.2, 0.25) is 11.0 Å². The minimum atomic E-state index is -4.64. The molecule has 3 N–H and O–H groups in total. The van der Waals surface area contributed by atoms with Crippen molar-refractivity contribution in [1.29, 1.82) is 0 Å². The van der Waals surface area contributed by atoms with Crippen molar-refractivity contribution in [2.75, 3.05) is 17.7 Å². The molecule has 3 rings (SSSR count). The molecule has 1 saturated carbocycles. The van der Waals surface area contributed by atoms with Crippen LogP contribution in [-0.2, 0) is 15.7 Å². The number of methoxy groups -OCH3 is 1. The van der Waals surface area contributed by atoms with Crippen molar-refractivity contribution in [3.8, 4) is 0 Å². The van der Waals surface area contributed by atoms with E-state index in [4.69, 9.17) is 4.74 Å². The summed E-state index contributed by atoms with van der Waals surface area (Å²) in [5.74, 6) is -1.60. The van der Waals surface area contributed by atoms with Gasteiger partial charge in [-0.1, -0.05) is 20.8 Å².